The summed E-state index contributed by atoms with van der Waals surface area (Å²) < 4.78 is 29.1. The van der Waals surface area contributed by atoms with Gasteiger partial charge in [0.2, 0.25) is 10.0 Å². The molecule has 2 aromatic heterocycles. The predicted molar refractivity (Wildman–Crippen MR) is 72.8 cm³/mol. The number of aromatic nitrogens is 2. The summed E-state index contributed by atoms with van der Waals surface area (Å²) in [5.41, 5.74) is 0.829. The van der Waals surface area contributed by atoms with E-state index >= 15 is 0 Å². The molecule has 0 radical (unpaired) electrons. The van der Waals surface area contributed by atoms with Gasteiger partial charge >= 0.3 is 0 Å². The van der Waals surface area contributed by atoms with E-state index in [0.717, 1.165) is 6.26 Å². The highest BCUT2D eigenvalue weighted by molar-refractivity contribution is 7.89. The fraction of sp³-hybridized carbons (Fsp3) is 0.417. The highest BCUT2D eigenvalue weighted by Gasteiger charge is 2.23. The molecule has 108 valence electrons. The Balaban J connectivity index is 2.50. The van der Waals surface area contributed by atoms with Gasteiger partial charge in [-0.15, -0.1) is 0 Å². The average molecular weight is 297 g/mol. The van der Waals surface area contributed by atoms with E-state index in [1.54, 1.807) is 0 Å². The summed E-state index contributed by atoms with van der Waals surface area (Å²) in [7, 11) is -3.62. The van der Waals surface area contributed by atoms with E-state index in [1.165, 1.54) is 12.3 Å². The van der Waals surface area contributed by atoms with Crippen molar-refractivity contribution in [3.63, 3.8) is 0 Å². The van der Waals surface area contributed by atoms with Crippen molar-refractivity contribution in [1.82, 2.24) is 14.9 Å². The molecule has 1 N–H and O–H groups in total. The Labute approximate surface area is 116 Å². The van der Waals surface area contributed by atoms with E-state index in [2.05, 4.69) is 10.1 Å². The number of pyridine rings is 1. The quantitative estimate of drug-likeness (QED) is 0.893. The van der Waals surface area contributed by atoms with Gasteiger partial charge in [-0.25, -0.2) is 18.1 Å². The first-order chi connectivity index (χ1) is 9.08. The molecular weight excluding hydrogens is 282 g/mol. The summed E-state index contributed by atoms with van der Waals surface area (Å²) in [5, 5.41) is 4.55. The predicted octanol–water partition coefficient (Wildman–Crippen LogP) is 1.21. The van der Waals surface area contributed by atoms with Crippen LogP contribution in [-0.2, 0) is 15.4 Å². The molecule has 0 aliphatic rings. The fourth-order valence-electron chi connectivity index (χ4n) is 1.73. The Bertz CT molecular complexity index is 772. The van der Waals surface area contributed by atoms with Crippen molar-refractivity contribution < 1.29 is 17.7 Å². The summed E-state index contributed by atoms with van der Waals surface area (Å²) in [4.78, 5) is 15.8. The second-order valence-corrected chi connectivity index (χ2v) is 7.31. The van der Waals surface area contributed by atoms with Gasteiger partial charge in [-0.3, -0.25) is 4.79 Å². The standard InChI is InChI=1S/C12H15N3O4S/c1-12(2,3)9-8-5-7(6-13-11(8)19-14-9)10(16)15-20(4,17)18/h5-6H,1-4H3,(H,15,16). The molecule has 0 saturated heterocycles. The monoisotopic (exact) mass is 297 g/mol. The van der Waals surface area contributed by atoms with Crippen LogP contribution in [0.4, 0.5) is 0 Å². The van der Waals surface area contributed by atoms with Crippen molar-refractivity contribution in [2.75, 3.05) is 6.26 Å². The van der Waals surface area contributed by atoms with Crippen LogP contribution in [0, 0.1) is 0 Å². The number of carbonyl (C=O) groups is 1. The van der Waals surface area contributed by atoms with Gasteiger partial charge in [0.05, 0.1) is 22.9 Å². The first kappa shape index (κ1) is 14.4. The molecule has 2 aromatic rings. The molecule has 20 heavy (non-hydrogen) atoms. The summed E-state index contributed by atoms with van der Waals surface area (Å²) >= 11 is 0. The van der Waals surface area contributed by atoms with E-state index in [9.17, 15) is 13.2 Å². The minimum atomic E-state index is -3.62. The van der Waals surface area contributed by atoms with Crippen LogP contribution < -0.4 is 4.72 Å². The molecule has 0 aliphatic heterocycles. The van der Waals surface area contributed by atoms with Gasteiger partial charge < -0.3 is 4.52 Å². The molecule has 7 nitrogen and oxygen atoms in total. The van der Waals surface area contributed by atoms with Crippen LogP contribution in [0.5, 0.6) is 0 Å². The van der Waals surface area contributed by atoms with Crippen LogP contribution in [0.25, 0.3) is 11.1 Å². The Kier molecular flexibility index (Phi) is 3.29. The zero-order chi connectivity index (χ0) is 15.1. The van der Waals surface area contributed by atoms with Crippen molar-refractivity contribution >= 4 is 27.0 Å². The lowest BCUT2D eigenvalue weighted by Gasteiger charge is -2.14. The molecular formula is C12H15N3O4S. The van der Waals surface area contributed by atoms with Crippen molar-refractivity contribution in [3.05, 3.63) is 23.5 Å². The number of carbonyl (C=O) groups excluding carboxylic acids is 1. The number of hydrogen-bond donors (Lipinski definition) is 1. The van der Waals surface area contributed by atoms with Crippen LogP contribution >= 0.6 is 0 Å². The summed E-state index contributed by atoms with van der Waals surface area (Å²) in [6, 6.07) is 1.53. The van der Waals surface area contributed by atoms with Crippen LogP contribution in [0.3, 0.4) is 0 Å². The van der Waals surface area contributed by atoms with Crippen LogP contribution in [0.2, 0.25) is 0 Å². The average Bonchev–Trinajstić information content (AvgIpc) is 2.68. The molecule has 0 atom stereocenters. The highest BCUT2D eigenvalue weighted by Crippen LogP contribution is 2.28. The van der Waals surface area contributed by atoms with Crippen molar-refractivity contribution in [2.24, 2.45) is 0 Å². The molecule has 0 aliphatic carbocycles. The molecule has 1 amide bonds. The highest BCUT2D eigenvalue weighted by atomic mass is 32.2. The number of sulfonamides is 1. The van der Waals surface area contributed by atoms with Crippen LogP contribution in [0.15, 0.2) is 16.8 Å². The summed E-state index contributed by atoms with van der Waals surface area (Å²) in [6.45, 7) is 5.86. The lowest BCUT2D eigenvalue weighted by molar-refractivity contribution is 0.0981. The molecule has 0 fully saturated rings. The van der Waals surface area contributed by atoms with Gasteiger partial charge in [0, 0.05) is 11.6 Å². The number of nitrogens with zero attached hydrogens (tertiary/aromatic N) is 2. The van der Waals surface area contributed by atoms with Crippen molar-refractivity contribution in [1.29, 1.82) is 0 Å². The molecule has 0 unspecified atom stereocenters. The Morgan fingerprint density at radius 3 is 2.55 bits per heavy atom. The first-order valence-electron chi connectivity index (χ1n) is 5.86. The maximum absolute atomic E-state index is 11.8. The number of fused-ring (bicyclic) bond motifs is 1. The summed E-state index contributed by atoms with van der Waals surface area (Å²) in [5.74, 6) is -0.733. The van der Waals surface area contributed by atoms with E-state index in [-0.39, 0.29) is 11.0 Å². The Morgan fingerprint density at radius 2 is 2.00 bits per heavy atom. The first-order valence-corrected chi connectivity index (χ1v) is 7.75. The van der Waals surface area contributed by atoms with Crippen LogP contribution in [0.1, 0.15) is 36.8 Å². The molecule has 2 heterocycles. The SMILES string of the molecule is CC(C)(C)c1noc2ncc(C(=O)NS(C)(=O)=O)cc12. The molecule has 0 spiro atoms. The fourth-order valence-corrected chi connectivity index (χ4v) is 2.18. The number of nitrogens with one attached hydrogen (secondary N) is 1. The third kappa shape index (κ3) is 2.96. The minimum Gasteiger partial charge on any atom is -0.336 e. The molecule has 0 bridgehead atoms. The van der Waals surface area contributed by atoms with E-state index < -0.39 is 15.9 Å². The smallest absolute Gasteiger partial charge is 0.266 e. The third-order valence-electron chi connectivity index (χ3n) is 2.58. The van der Waals surface area contributed by atoms with Crippen LogP contribution in [-0.4, -0.2) is 30.7 Å². The normalized spacial score (nSPS) is 12.6. The largest absolute Gasteiger partial charge is 0.336 e. The van der Waals surface area contributed by atoms with Crippen molar-refractivity contribution in [2.45, 2.75) is 26.2 Å². The zero-order valence-electron chi connectivity index (χ0n) is 11.6. The second-order valence-electron chi connectivity index (χ2n) is 5.56. The Morgan fingerprint density at radius 1 is 1.35 bits per heavy atom. The zero-order valence-corrected chi connectivity index (χ0v) is 12.4. The molecule has 8 heteroatoms. The van der Waals surface area contributed by atoms with Gasteiger partial charge in [0.15, 0.2) is 0 Å². The van der Waals surface area contributed by atoms with Crippen molar-refractivity contribution in [3.8, 4) is 0 Å². The topological polar surface area (TPSA) is 102 Å². The molecule has 2 rings (SSSR count). The van der Waals surface area contributed by atoms with E-state index in [0.29, 0.717) is 16.8 Å². The van der Waals surface area contributed by atoms with E-state index in [4.69, 9.17) is 4.52 Å². The second kappa shape index (κ2) is 4.55. The molecule has 0 aromatic carbocycles. The Hall–Kier alpha value is -1.96. The minimum absolute atomic E-state index is 0.136. The number of hydrogen-bond acceptors (Lipinski definition) is 6. The number of rotatable bonds is 2. The summed E-state index contributed by atoms with van der Waals surface area (Å²) in [6.07, 6.45) is 2.16. The molecule has 0 saturated carbocycles. The van der Waals surface area contributed by atoms with E-state index in [1.807, 2.05) is 25.5 Å². The van der Waals surface area contributed by atoms with Gasteiger partial charge in [0.25, 0.3) is 11.6 Å². The van der Waals surface area contributed by atoms with Gasteiger partial charge in [-0.2, -0.15) is 0 Å². The van der Waals surface area contributed by atoms with Gasteiger partial charge in [-0.05, 0) is 6.07 Å². The number of amides is 1. The maximum atomic E-state index is 11.8. The maximum Gasteiger partial charge on any atom is 0.266 e. The van der Waals surface area contributed by atoms with Gasteiger partial charge in [-0.1, -0.05) is 25.9 Å². The lowest BCUT2D eigenvalue weighted by atomic mass is 9.90. The third-order valence-corrected chi connectivity index (χ3v) is 3.14. The lowest BCUT2D eigenvalue weighted by Crippen LogP contribution is -2.29. The van der Waals surface area contributed by atoms with Gasteiger partial charge in [0.1, 0.15) is 0 Å².